The molecule has 3 heterocycles. The van der Waals surface area contributed by atoms with Crippen LogP contribution in [-0.4, -0.2) is 19.9 Å². The Morgan fingerprint density at radius 2 is 1.09 bits per heavy atom. The van der Waals surface area contributed by atoms with Crippen LogP contribution in [0.15, 0.2) is 138 Å². The lowest BCUT2D eigenvalue weighted by atomic mass is 9.95. The zero-order valence-electron chi connectivity index (χ0n) is 22.9. The second kappa shape index (κ2) is 9.29. The van der Waals surface area contributed by atoms with Crippen LogP contribution in [-0.2, 0) is 0 Å². The molecule has 0 bridgehead atoms. The molecule has 43 heavy (non-hydrogen) atoms. The van der Waals surface area contributed by atoms with Gasteiger partial charge in [0.15, 0.2) is 17.5 Å². The van der Waals surface area contributed by atoms with Gasteiger partial charge in [-0.2, -0.15) is 0 Å². The Morgan fingerprint density at radius 1 is 0.442 bits per heavy atom. The highest BCUT2D eigenvalue weighted by Crippen LogP contribution is 2.37. The number of furan rings is 1. The van der Waals surface area contributed by atoms with Crippen LogP contribution in [0.25, 0.3) is 88.5 Å². The second-order valence-electron chi connectivity index (χ2n) is 10.7. The number of aromatic nitrogens is 4. The van der Waals surface area contributed by atoms with E-state index in [1.54, 1.807) is 6.20 Å². The topological polar surface area (TPSA) is 64.7 Å². The molecule has 0 fully saturated rings. The van der Waals surface area contributed by atoms with Crippen molar-refractivity contribution in [3.63, 3.8) is 0 Å². The summed E-state index contributed by atoms with van der Waals surface area (Å²) in [5.41, 5.74) is 4.05. The first-order valence-electron chi connectivity index (χ1n) is 14.2. The lowest BCUT2D eigenvalue weighted by Gasteiger charge is -2.11. The van der Waals surface area contributed by atoms with Gasteiger partial charge in [0.05, 0.1) is 5.39 Å². The van der Waals surface area contributed by atoms with Crippen molar-refractivity contribution in [1.29, 1.82) is 0 Å². The molecule has 0 N–H and O–H groups in total. The Balaban J connectivity index is 1.33. The van der Waals surface area contributed by atoms with Gasteiger partial charge in [-0.1, -0.05) is 109 Å². The van der Waals surface area contributed by atoms with E-state index in [1.165, 1.54) is 32.3 Å². The fourth-order valence-corrected chi connectivity index (χ4v) is 6.14. The van der Waals surface area contributed by atoms with E-state index in [2.05, 4.69) is 71.7 Å². The summed E-state index contributed by atoms with van der Waals surface area (Å²) in [6.45, 7) is 0. The minimum atomic E-state index is 0.561. The first-order valence-corrected chi connectivity index (χ1v) is 14.2. The van der Waals surface area contributed by atoms with Crippen LogP contribution in [0, 0.1) is 0 Å². The maximum atomic E-state index is 6.09. The van der Waals surface area contributed by atoms with Crippen molar-refractivity contribution in [3.8, 4) is 34.2 Å². The predicted octanol–water partition coefficient (Wildman–Crippen LogP) is 9.63. The smallest absolute Gasteiger partial charge is 0.228 e. The van der Waals surface area contributed by atoms with Crippen LogP contribution in [0.2, 0.25) is 0 Å². The first kappa shape index (κ1) is 23.7. The third-order valence-corrected chi connectivity index (χ3v) is 8.17. The summed E-state index contributed by atoms with van der Waals surface area (Å²) in [5.74, 6) is 1.80. The average Bonchev–Trinajstić information content (AvgIpc) is 3.47. The molecule has 0 aliphatic heterocycles. The molecule has 0 aliphatic carbocycles. The summed E-state index contributed by atoms with van der Waals surface area (Å²) in [5, 5.41) is 9.10. The number of fused-ring (bicyclic) bond motifs is 8. The zero-order chi connectivity index (χ0) is 28.3. The van der Waals surface area contributed by atoms with Gasteiger partial charge in [0.25, 0.3) is 0 Å². The summed E-state index contributed by atoms with van der Waals surface area (Å²) in [7, 11) is 0. The van der Waals surface area contributed by atoms with Crippen molar-refractivity contribution in [1.82, 2.24) is 19.9 Å². The SMILES string of the molecule is c1ccc(-c2nc(-c3ccc4ccc5ccc6ccccc6c5c4c3)nc(-c3ccnc4oc5ccccc5c34)n2)cc1. The maximum Gasteiger partial charge on any atom is 0.228 e. The summed E-state index contributed by atoms with van der Waals surface area (Å²) in [4.78, 5) is 19.6. The van der Waals surface area contributed by atoms with Crippen molar-refractivity contribution in [2.75, 3.05) is 0 Å². The third-order valence-electron chi connectivity index (χ3n) is 8.17. The molecule has 0 saturated carbocycles. The van der Waals surface area contributed by atoms with Gasteiger partial charge in [-0.3, -0.25) is 0 Å². The minimum Gasteiger partial charge on any atom is -0.438 e. The highest BCUT2D eigenvalue weighted by Gasteiger charge is 2.18. The monoisotopic (exact) mass is 550 g/mol. The standard InChI is InChI=1S/C38H22N4O/c1-2-9-26(10-3-1)35-40-36(42-37(41-35)30-20-21-39-38-34(30)29-12-6-7-13-32(29)43-38)27-19-16-24-15-18-25-17-14-23-8-4-5-11-28(23)33(25)31(24)22-27/h1-22H. The molecule has 0 unspecified atom stereocenters. The Morgan fingerprint density at radius 3 is 1.95 bits per heavy atom. The van der Waals surface area contributed by atoms with E-state index < -0.39 is 0 Å². The highest BCUT2D eigenvalue weighted by atomic mass is 16.3. The molecule has 0 amide bonds. The second-order valence-corrected chi connectivity index (χ2v) is 10.7. The summed E-state index contributed by atoms with van der Waals surface area (Å²) < 4.78 is 6.09. The third kappa shape index (κ3) is 3.79. The molecule has 0 saturated heterocycles. The van der Waals surface area contributed by atoms with Gasteiger partial charge in [0.1, 0.15) is 5.58 Å². The molecule has 0 atom stereocenters. The minimum absolute atomic E-state index is 0.561. The van der Waals surface area contributed by atoms with E-state index in [1.807, 2.05) is 60.7 Å². The Kier molecular flexibility index (Phi) is 5.13. The Bertz CT molecular complexity index is 2510. The van der Waals surface area contributed by atoms with Gasteiger partial charge in [-0.15, -0.1) is 0 Å². The van der Waals surface area contributed by atoms with Gasteiger partial charge in [0.2, 0.25) is 5.71 Å². The lowest BCUT2D eigenvalue weighted by molar-refractivity contribution is 0.654. The van der Waals surface area contributed by atoms with Crippen LogP contribution < -0.4 is 0 Å². The Labute approximate surface area is 246 Å². The van der Waals surface area contributed by atoms with Crippen molar-refractivity contribution in [2.24, 2.45) is 0 Å². The van der Waals surface area contributed by atoms with Gasteiger partial charge >= 0.3 is 0 Å². The number of benzene rings is 6. The summed E-state index contributed by atoms with van der Waals surface area (Å²) in [6.07, 6.45) is 1.75. The molecule has 6 aromatic carbocycles. The van der Waals surface area contributed by atoms with Crippen LogP contribution in [0.3, 0.4) is 0 Å². The number of pyridine rings is 1. The van der Waals surface area contributed by atoms with E-state index in [4.69, 9.17) is 19.4 Å². The molecule has 9 rings (SSSR count). The molecule has 0 aliphatic rings. The van der Waals surface area contributed by atoms with Crippen molar-refractivity contribution in [3.05, 3.63) is 134 Å². The number of rotatable bonds is 3. The van der Waals surface area contributed by atoms with E-state index in [-0.39, 0.29) is 0 Å². The number of hydrogen-bond donors (Lipinski definition) is 0. The molecule has 0 spiro atoms. The summed E-state index contributed by atoms with van der Waals surface area (Å²) >= 11 is 0. The van der Waals surface area contributed by atoms with Gasteiger partial charge in [-0.05, 0) is 50.5 Å². The molecule has 9 aromatic rings. The largest absolute Gasteiger partial charge is 0.438 e. The van der Waals surface area contributed by atoms with Crippen LogP contribution >= 0.6 is 0 Å². The quantitative estimate of drug-likeness (QED) is 0.205. The van der Waals surface area contributed by atoms with E-state index in [0.29, 0.717) is 23.2 Å². The zero-order valence-corrected chi connectivity index (χ0v) is 22.9. The normalized spacial score (nSPS) is 11.7. The number of hydrogen-bond acceptors (Lipinski definition) is 5. The fraction of sp³-hybridized carbons (Fsp3) is 0. The Hall–Kier alpha value is -5.94. The molecule has 200 valence electrons. The fourth-order valence-electron chi connectivity index (χ4n) is 6.14. The van der Waals surface area contributed by atoms with Gasteiger partial charge in [-0.25, -0.2) is 19.9 Å². The average molecular weight is 551 g/mol. The van der Waals surface area contributed by atoms with E-state index in [0.717, 1.165) is 33.0 Å². The number of para-hydroxylation sites is 1. The first-order chi connectivity index (χ1) is 21.3. The van der Waals surface area contributed by atoms with Gasteiger partial charge in [0, 0.05) is 28.3 Å². The molecule has 0 radical (unpaired) electrons. The van der Waals surface area contributed by atoms with E-state index in [9.17, 15) is 0 Å². The molecular formula is C38H22N4O. The molecular weight excluding hydrogens is 528 g/mol. The van der Waals surface area contributed by atoms with Crippen LogP contribution in [0.4, 0.5) is 0 Å². The van der Waals surface area contributed by atoms with Crippen molar-refractivity contribution >= 4 is 54.4 Å². The van der Waals surface area contributed by atoms with Crippen molar-refractivity contribution < 1.29 is 4.42 Å². The molecule has 5 nitrogen and oxygen atoms in total. The predicted molar refractivity (Wildman–Crippen MR) is 174 cm³/mol. The number of nitrogens with zero attached hydrogens (tertiary/aromatic N) is 4. The highest BCUT2D eigenvalue weighted by molar-refractivity contribution is 6.20. The maximum absolute atomic E-state index is 6.09. The van der Waals surface area contributed by atoms with E-state index >= 15 is 0 Å². The molecule has 5 heteroatoms. The van der Waals surface area contributed by atoms with Crippen LogP contribution in [0.5, 0.6) is 0 Å². The summed E-state index contributed by atoms with van der Waals surface area (Å²) in [6, 6.07) is 43.8. The lowest BCUT2D eigenvalue weighted by Crippen LogP contribution is -2.00. The van der Waals surface area contributed by atoms with Crippen LogP contribution in [0.1, 0.15) is 0 Å². The van der Waals surface area contributed by atoms with Gasteiger partial charge < -0.3 is 4.42 Å². The molecule has 3 aromatic heterocycles. The van der Waals surface area contributed by atoms with Crippen molar-refractivity contribution in [2.45, 2.75) is 0 Å².